The molecule has 0 spiro atoms. The van der Waals surface area contributed by atoms with Gasteiger partial charge in [-0.15, -0.1) is 0 Å². The molecule has 4 rings (SSSR count). The molecule has 0 aromatic heterocycles. The van der Waals surface area contributed by atoms with Crippen molar-refractivity contribution in [3.63, 3.8) is 0 Å². The van der Waals surface area contributed by atoms with Gasteiger partial charge in [-0.05, 0) is 92.4 Å². The lowest BCUT2D eigenvalue weighted by Gasteiger charge is -2.25. The predicted molar refractivity (Wildman–Crippen MR) is 133 cm³/mol. The summed E-state index contributed by atoms with van der Waals surface area (Å²) < 4.78 is 27.1. The molecule has 0 unspecified atom stereocenters. The Morgan fingerprint density at radius 3 is 2.21 bits per heavy atom. The fourth-order valence-electron chi connectivity index (χ4n) is 3.79. The van der Waals surface area contributed by atoms with E-state index in [0.717, 1.165) is 24.2 Å². The quantitative estimate of drug-likeness (QED) is 0.478. The third-order valence-electron chi connectivity index (χ3n) is 5.75. The van der Waals surface area contributed by atoms with E-state index in [-0.39, 0.29) is 10.8 Å². The highest BCUT2D eigenvalue weighted by Crippen LogP contribution is 2.31. The van der Waals surface area contributed by atoms with Crippen molar-refractivity contribution in [2.45, 2.75) is 47.8 Å². The van der Waals surface area contributed by atoms with Crippen molar-refractivity contribution < 1.29 is 13.2 Å². The summed E-state index contributed by atoms with van der Waals surface area (Å²) in [7, 11) is -3.50. The second kappa shape index (κ2) is 10.1. The van der Waals surface area contributed by atoms with Gasteiger partial charge in [0, 0.05) is 34.1 Å². The second-order valence-electron chi connectivity index (χ2n) is 8.34. The number of amides is 1. The van der Waals surface area contributed by atoms with Crippen LogP contribution in [0.4, 0.5) is 5.69 Å². The standard InChI is InChI=1S/C26H28N2O3S2/c1-19-6-7-20(2)25(18-19)32-23-12-10-22(11-13-23)27-26(29)21-8-14-24(15-9-21)33(30,31)28-16-4-3-5-17-28/h6-15,18H,3-5,16-17H2,1-2H3,(H,27,29). The average molecular weight is 481 g/mol. The molecule has 1 fully saturated rings. The first-order chi connectivity index (χ1) is 15.8. The Hall–Kier alpha value is -2.61. The van der Waals surface area contributed by atoms with E-state index < -0.39 is 10.0 Å². The first-order valence-electron chi connectivity index (χ1n) is 11.1. The zero-order valence-corrected chi connectivity index (χ0v) is 20.5. The van der Waals surface area contributed by atoms with Crippen LogP contribution in [0.5, 0.6) is 0 Å². The Morgan fingerprint density at radius 1 is 0.879 bits per heavy atom. The molecular weight excluding hydrogens is 452 g/mol. The van der Waals surface area contributed by atoms with Gasteiger partial charge in [0.15, 0.2) is 0 Å². The summed E-state index contributed by atoms with van der Waals surface area (Å²) in [4.78, 5) is 15.2. The molecule has 1 aliphatic heterocycles. The van der Waals surface area contributed by atoms with Crippen LogP contribution in [0.25, 0.3) is 0 Å². The molecule has 1 amide bonds. The van der Waals surface area contributed by atoms with Crippen molar-refractivity contribution in [1.29, 1.82) is 0 Å². The van der Waals surface area contributed by atoms with Crippen molar-refractivity contribution >= 4 is 33.4 Å². The molecule has 5 nitrogen and oxygen atoms in total. The highest BCUT2D eigenvalue weighted by Gasteiger charge is 2.25. The van der Waals surface area contributed by atoms with Gasteiger partial charge in [-0.3, -0.25) is 4.79 Å². The normalized spacial score (nSPS) is 14.7. The van der Waals surface area contributed by atoms with Crippen LogP contribution >= 0.6 is 11.8 Å². The Kier molecular flexibility index (Phi) is 7.22. The number of benzene rings is 3. The topological polar surface area (TPSA) is 66.5 Å². The largest absolute Gasteiger partial charge is 0.322 e. The highest BCUT2D eigenvalue weighted by atomic mass is 32.2. The molecular formula is C26H28N2O3S2. The van der Waals surface area contributed by atoms with Crippen LogP contribution in [0.2, 0.25) is 0 Å². The summed E-state index contributed by atoms with van der Waals surface area (Å²) in [6.45, 7) is 5.29. The summed E-state index contributed by atoms with van der Waals surface area (Å²) in [5.41, 5.74) is 3.56. The number of carbonyl (C=O) groups is 1. The lowest BCUT2D eigenvalue weighted by Crippen LogP contribution is -2.35. The zero-order valence-electron chi connectivity index (χ0n) is 18.9. The van der Waals surface area contributed by atoms with E-state index >= 15 is 0 Å². The maximum Gasteiger partial charge on any atom is 0.255 e. The number of hydrogen-bond acceptors (Lipinski definition) is 4. The maximum absolute atomic E-state index is 12.8. The minimum atomic E-state index is -3.50. The molecule has 172 valence electrons. The van der Waals surface area contributed by atoms with Crippen LogP contribution < -0.4 is 5.32 Å². The van der Waals surface area contributed by atoms with Crippen molar-refractivity contribution in [3.8, 4) is 0 Å². The van der Waals surface area contributed by atoms with Gasteiger partial charge in [0.05, 0.1) is 4.90 Å². The van der Waals surface area contributed by atoms with Gasteiger partial charge in [0.25, 0.3) is 5.91 Å². The fourth-order valence-corrected chi connectivity index (χ4v) is 6.30. The molecule has 3 aromatic rings. The van der Waals surface area contributed by atoms with Crippen molar-refractivity contribution in [2.24, 2.45) is 0 Å². The SMILES string of the molecule is Cc1ccc(C)c(Sc2ccc(NC(=O)c3ccc(S(=O)(=O)N4CCCCC4)cc3)cc2)c1. The van der Waals surface area contributed by atoms with Gasteiger partial charge in [0.1, 0.15) is 0 Å². The molecule has 7 heteroatoms. The van der Waals surface area contributed by atoms with Crippen molar-refractivity contribution in [2.75, 3.05) is 18.4 Å². The molecule has 0 radical (unpaired) electrons. The molecule has 0 atom stereocenters. The number of nitrogens with one attached hydrogen (secondary N) is 1. The van der Waals surface area contributed by atoms with E-state index in [0.29, 0.717) is 24.3 Å². The fraction of sp³-hybridized carbons (Fsp3) is 0.269. The number of sulfonamides is 1. The van der Waals surface area contributed by atoms with Crippen LogP contribution in [-0.2, 0) is 10.0 Å². The molecule has 3 aromatic carbocycles. The molecule has 33 heavy (non-hydrogen) atoms. The average Bonchev–Trinajstić information content (AvgIpc) is 2.83. The minimum Gasteiger partial charge on any atom is -0.322 e. The lowest BCUT2D eigenvalue weighted by atomic mass is 10.2. The van der Waals surface area contributed by atoms with E-state index in [1.807, 2.05) is 24.3 Å². The number of nitrogens with zero attached hydrogens (tertiary/aromatic N) is 1. The predicted octanol–water partition coefficient (Wildman–Crippen LogP) is 5.88. The van der Waals surface area contributed by atoms with Crippen LogP contribution in [0.3, 0.4) is 0 Å². The van der Waals surface area contributed by atoms with Gasteiger partial charge < -0.3 is 5.32 Å². The molecule has 1 saturated heterocycles. The van der Waals surface area contributed by atoms with E-state index in [4.69, 9.17) is 0 Å². The first kappa shape index (κ1) is 23.5. The number of hydrogen-bond donors (Lipinski definition) is 1. The van der Waals surface area contributed by atoms with Crippen LogP contribution in [0, 0.1) is 13.8 Å². The molecule has 0 bridgehead atoms. The smallest absolute Gasteiger partial charge is 0.255 e. The summed E-state index contributed by atoms with van der Waals surface area (Å²) >= 11 is 1.69. The summed E-state index contributed by atoms with van der Waals surface area (Å²) in [6, 6.07) is 20.3. The van der Waals surface area contributed by atoms with Gasteiger partial charge in [-0.25, -0.2) is 8.42 Å². The van der Waals surface area contributed by atoms with E-state index in [9.17, 15) is 13.2 Å². The van der Waals surface area contributed by atoms with E-state index in [2.05, 4.69) is 37.4 Å². The molecule has 1 N–H and O–H groups in total. The Balaban J connectivity index is 1.40. The Labute approximate surface area is 200 Å². The molecule has 0 saturated carbocycles. The molecule has 1 aliphatic rings. The van der Waals surface area contributed by atoms with Crippen LogP contribution in [-0.4, -0.2) is 31.7 Å². The van der Waals surface area contributed by atoms with Gasteiger partial charge in [-0.1, -0.05) is 30.3 Å². The van der Waals surface area contributed by atoms with E-state index in [1.165, 1.54) is 32.5 Å². The number of anilines is 1. The van der Waals surface area contributed by atoms with Crippen LogP contribution in [0.1, 0.15) is 40.7 Å². The Bertz CT molecular complexity index is 1230. The van der Waals surface area contributed by atoms with Gasteiger partial charge in [0.2, 0.25) is 10.0 Å². The summed E-state index contributed by atoms with van der Waals surface area (Å²) in [5.74, 6) is -0.271. The number of piperidine rings is 1. The molecule has 1 heterocycles. The van der Waals surface area contributed by atoms with E-state index in [1.54, 1.807) is 23.9 Å². The van der Waals surface area contributed by atoms with Crippen molar-refractivity contribution in [3.05, 3.63) is 83.4 Å². The van der Waals surface area contributed by atoms with Crippen LogP contribution in [0.15, 0.2) is 81.4 Å². The summed E-state index contributed by atoms with van der Waals surface area (Å²) in [6.07, 6.45) is 2.85. The number of aryl methyl sites for hydroxylation is 2. The number of rotatable bonds is 6. The number of carbonyl (C=O) groups excluding carboxylic acids is 1. The second-order valence-corrected chi connectivity index (χ2v) is 11.4. The molecule has 0 aliphatic carbocycles. The minimum absolute atomic E-state index is 0.230. The summed E-state index contributed by atoms with van der Waals surface area (Å²) in [5, 5.41) is 2.88. The third-order valence-corrected chi connectivity index (χ3v) is 8.83. The monoisotopic (exact) mass is 480 g/mol. The third kappa shape index (κ3) is 5.66. The highest BCUT2D eigenvalue weighted by molar-refractivity contribution is 7.99. The first-order valence-corrected chi connectivity index (χ1v) is 13.4. The lowest BCUT2D eigenvalue weighted by molar-refractivity contribution is 0.102. The zero-order chi connectivity index (χ0) is 23.4. The van der Waals surface area contributed by atoms with Crippen molar-refractivity contribution in [1.82, 2.24) is 4.31 Å². The maximum atomic E-state index is 12.8. The Morgan fingerprint density at radius 2 is 1.55 bits per heavy atom. The van der Waals surface area contributed by atoms with Gasteiger partial charge >= 0.3 is 0 Å². The van der Waals surface area contributed by atoms with Gasteiger partial charge in [-0.2, -0.15) is 4.31 Å².